The van der Waals surface area contributed by atoms with Gasteiger partial charge in [-0.15, -0.1) is 0 Å². The normalized spacial score (nSPS) is 11.0. The van der Waals surface area contributed by atoms with Crippen molar-refractivity contribution in [2.75, 3.05) is 6.54 Å². The number of carbonyl (C=O) groups is 2. The Morgan fingerprint density at radius 1 is 1.05 bits per heavy atom. The first kappa shape index (κ1) is 18.2. The predicted molar refractivity (Wildman–Crippen MR) is 83.7 cm³/mol. The molecule has 0 heterocycles. The summed E-state index contributed by atoms with van der Waals surface area (Å²) in [7, 11) is -3.88. The summed E-state index contributed by atoms with van der Waals surface area (Å²) in [5.74, 6) is -0.942. The summed E-state index contributed by atoms with van der Waals surface area (Å²) >= 11 is 0. The van der Waals surface area contributed by atoms with Crippen LogP contribution in [-0.2, 0) is 19.6 Å². The van der Waals surface area contributed by atoms with Crippen molar-refractivity contribution >= 4 is 21.8 Å². The van der Waals surface area contributed by atoms with Crippen LogP contribution in [-0.4, -0.2) is 26.8 Å². The molecule has 0 fully saturated rings. The van der Waals surface area contributed by atoms with Crippen molar-refractivity contribution < 1.29 is 18.0 Å². The molecular formula is C15H22N2O4S. The molecule has 0 aliphatic carbocycles. The van der Waals surface area contributed by atoms with Gasteiger partial charge in [-0.1, -0.05) is 31.0 Å². The molecule has 1 rings (SSSR count). The third-order valence-electron chi connectivity index (χ3n) is 3.01. The van der Waals surface area contributed by atoms with Crippen molar-refractivity contribution in [3.05, 3.63) is 29.8 Å². The Morgan fingerprint density at radius 3 is 2.23 bits per heavy atom. The summed E-state index contributed by atoms with van der Waals surface area (Å²) in [6.45, 7) is 4.42. The van der Waals surface area contributed by atoms with Crippen LogP contribution in [0, 0.1) is 6.92 Å². The lowest BCUT2D eigenvalue weighted by Gasteiger charge is -2.07. The van der Waals surface area contributed by atoms with Gasteiger partial charge in [0.1, 0.15) is 0 Å². The van der Waals surface area contributed by atoms with Gasteiger partial charge in [-0.3, -0.25) is 9.59 Å². The standard InChI is InChI=1S/C15H22N2O4S/c1-3-4-11-16-14(18)9-10-15(19)17-22(20,21)13-7-5-12(2)6-8-13/h5-8H,3-4,9-11H2,1-2H3,(H,16,18)(H,17,19). The van der Waals surface area contributed by atoms with Crippen LogP contribution in [0.25, 0.3) is 0 Å². The maximum absolute atomic E-state index is 12.0. The van der Waals surface area contributed by atoms with Gasteiger partial charge in [-0.25, -0.2) is 13.1 Å². The first-order valence-corrected chi connectivity index (χ1v) is 8.72. The highest BCUT2D eigenvalue weighted by Crippen LogP contribution is 2.10. The fourth-order valence-corrected chi connectivity index (χ4v) is 2.71. The van der Waals surface area contributed by atoms with Gasteiger partial charge >= 0.3 is 0 Å². The molecule has 0 saturated heterocycles. The fourth-order valence-electron chi connectivity index (χ4n) is 1.70. The van der Waals surface area contributed by atoms with E-state index in [2.05, 4.69) is 5.32 Å². The summed E-state index contributed by atoms with van der Waals surface area (Å²) in [4.78, 5) is 23.1. The van der Waals surface area contributed by atoms with Crippen molar-refractivity contribution in [1.82, 2.24) is 10.0 Å². The molecule has 0 bridgehead atoms. The maximum Gasteiger partial charge on any atom is 0.264 e. The van der Waals surface area contributed by atoms with Crippen LogP contribution >= 0.6 is 0 Å². The lowest BCUT2D eigenvalue weighted by atomic mass is 10.2. The van der Waals surface area contributed by atoms with E-state index in [0.717, 1.165) is 18.4 Å². The van der Waals surface area contributed by atoms with Crippen LogP contribution in [0.1, 0.15) is 38.2 Å². The van der Waals surface area contributed by atoms with E-state index < -0.39 is 15.9 Å². The number of unbranched alkanes of at least 4 members (excludes halogenated alkanes) is 1. The minimum absolute atomic E-state index is 0.0267. The molecule has 7 heteroatoms. The van der Waals surface area contributed by atoms with Crippen molar-refractivity contribution in [1.29, 1.82) is 0 Å². The monoisotopic (exact) mass is 326 g/mol. The Balaban J connectivity index is 2.47. The lowest BCUT2D eigenvalue weighted by molar-refractivity contribution is -0.125. The second-order valence-corrected chi connectivity index (χ2v) is 6.73. The third kappa shape index (κ3) is 6.26. The summed E-state index contributed by atoms with van der Waals surface area (Å²) in [6.07, 6.45) is 1.65. The molecule has 0 aromatic heterocycles. The molecule has 0 aliphatic rings. The number of benzene rings is 1. The van der Waals surface area contributed by atoms with Gasteiger partial charge in [-0.2, -0.15) is 0 Å². The highest BCUT2D eigenvalue weighted by atomic mass is 32.2. The van der Waals surface area contributed by atoms with Crippen LogP contribution in [0.5, 0.6) is 0 Å². The molecular weight excluding hydrogens is 304 g/mol. The summed E-state index contributed by atoms with van der Waals surface area (Å²) in [5, 5.41) is 2.67. The Bertz CT molecular complexity index is 609. The zero-order valence-corrected chi connectivity index (χ0v) is 13.7. The second kappa shape index (κ2) is 8.53. The van der Waals surface area contributed by atoms with Crippen LogP contribution in [0.2, 0.25) is 0 Å². The van der Waals surface area contributed by atoms with Gasteiger partial charge in [0.2, 0.25) is 11.8 Å². The first-order chi connectivity index (χ1) is 10.3. The van der Waals surface area contributed by atoms with E-state index in [1.165, 1.54) is 12.1 Å². The largest absolute Gasteiger partial charge is 0.356 e. The summed E-state index contributed by atoms with van der Waals surface area (Å²) < 4.78 is 25.9. The Labute approximate surface area is 131 Å². The molecule has 122 valence electrons. The molecule has 2 amide bonds. The predicted octanol–water partition coefficient (Wildman–Crippen LogP) is 1.50. The van der Waals surface area contributed by atoms with Gasteiger partial charge in [0.15, 0.2) is 0 Å². The van der Waals surface area contributed by atoms with Crippen molar-refractivity contribution in [3.63, 3.8) is 0 Å². The van der Waals surface area contributed by atoms with Crippen LogP contribution in [0.3, 0.4) is 0 Å². The van der Waals surface area contributed by atoms with Gasteiger partial charge < -0.3 is 5.32 Å². The Hall–Kier alpha value is -1.89. The van der Waals surface area contributed by atoms with E-state index >= 15 is 0 Å². The van der Waals surface area contributed by atoms with Crippen molar-refractivity contribution in [3.8, 4) is 0 Å². The number of amides is 2. The Morgan fingerprint density at radius 2 is 1.64 bits per heavy atom. The number of aryl methyl sites for hydroxylation is 1. The second-order valence-electron chi connectivity index (χ2n) is 5.05. The van der Waals surface area contributed by atoms with E-state index in [9.17, 15) is 18.0 Å². The van der Waals surface area contributed by atoms with E-state index in [4.69, 9.17) is 0 Å². The number of carbonyl (C=O) groups excluding carboxylic acids is 2. The molecule has 0 aliphatic heterocycles. The SMILES string of the molecule is CCCCNC(=O)CCC(=O)NS(=O)(=O)c1ccc(C)cc1. The van der Waals surface area contributed by atoms with Gasteiger partial charge in [0, 0.05) is 19.4 Å². The zero-order chi connectivity index (χ0) is 16.6. The minimum Gasteiger partial charge on any atom is -0.356 e. The number of sulfonamides is 1. The van der Waals surface area contributed by atoms with E-state index in [-0.39, 0.29) is 23.6 Å². The minimum atomic E-state index is -3.88. The number of nitrogens with one attached hydrogen (secondary N) is 2. The van der Waals surface area contributed by atoms with Crippen LogP contribution in [0.15, 0.2) is 29.2 Å². The fraction of sp³-hybridized carbons (Fsp3) is 0.467. The number of hydrogen-bond donors (Lipinski definition) is 2. The molecule has 0 saturated carbocycles. The Kier molecular flexibility index (Phi) is 7.04. The van der Waals surface area contributed by atoms with Gasteiger partial charge in [0.05, 0.1) is 4.90 Å². The summed E-state index contributed by atoms with van der Waals surface area (Å²) in [6, 6.07) is 6.17. The third-order valence-corrected chi connectivity index (χ3v) is 4.40. The average Bonchev–Trinajstić information content (AvgIpc) is 2.45. The molecule has 1 aromatic carbocycles. The van der Waals surface area contributed by atoms with Crippen molar-refractivity contribution in [2.45, 2.75) is 44.4 Å². The van der Waals surface area contributed by atoms with Gasteiger partial charge in [-0.05, 0) is 25.5 Å². The molecule has 0 spiro atoms. The zero-order valence-electron chi connectivity index (χ0n) is 12.9. The smallest absolute Gasteiger partial charge is 0.264 e. The topological polar surface area (TPSA) is 92.3 Å². The van der Waals surface area contributed by atoms with E-state index in [1.807, 2.05) is 18.6 Å². The molecule has 22 heavy (non-hydrogen) atoms. The van der Waals surface area contributed by atoms with E-state index in [1.54, 1.807) is 12.1 Å². The molecule has 2 N–H and O–H groups in total. The molecule has 0 unspecified atom stereocenters. The molecule has 6 nitrogen and oxygen atoms in total. The molecule has 0 atom stereocenters. The molecule has 0 radical (unpaired) electrons. The first-order valence-electron chi connectivity index (χ1n) is 7.24. The molecule has 1 aromatic rings. The quantitative estimate of drug-likeness (QED) is 0.708. The average molecular weight is 326 g/mol. The maximum atomic E-state index is 12.0. The highest BCUT2D eigenvalue weighted by Gasteiger charge is 2.17. The van der Waals surface area contributed by atoms with E-state index in [0.29, 0.717) is 6.54 Å². The van der Waals surface area contributed by atoms with Crippen LogP contribution in [0.4, 0.5) is 0 Å². The summed E-state index contributed by atoms with van der Waals surface area (Å²) in [5.41, 5.74) is 0.925. The lowest BCUT2D eigenvalue weighted by Crippen LogP contribution is -2.32. The highest BCUT2D eigenvalue weighted by molar-refractivity contribution is 7.90. The number of hydrogen-bond acceptors (Lipinski definition) is 4. The van der Waals surface area contributed by atoms with Crippen molar-refractivity contribution in [2.24, 2.45) is 0 Å². The van der Waals surface area contributed by atoms with Gasteiger partial charge in [0.25, 0.3) is 10.0 Å². The number of rotatable bonds is 8. The van der Waals surface area contributed by atoms with Crippen LogP contribution < -0.4 is 10.0 Å².